The molecule has 0 spiro atoms. The van der Waals surface area contributed by atoms with Gasteiger partial charge in [0.1, 0.15) is 0 Å². The quantitative estimate of drug-likeness (QED) is 0.745. The number of hydrogen-bond donors (Lipinski definition) is 3. The van der Waals surface area contributed by atoms with Gasteiger partial charge in [0.2, 0.25) is 0 Å². The number of rotatable bonds is 4. The van der Waals surface area contributed by atoms with Gasteiger partial charge in [0, 0.05) is 12.6 Å². The first kappa shape index (κ1) is 13.5. The molecule has 1 aromatic carbocycles. The molecule has 1 unspecified atom stereocenters. The van der Waals surface area contributed by atoms with Crippen molar-refractivity contribution in [2.24, 2.45) is 0 Å². The Morgan fingerprint density at radius 1 is 1.35 bits per heavy atom. The minimum Gasteiger partial charge on any atom is -0.387 e. The van der Waals surface area contributed by atoms with E-state index in [-0.39, 0.29) is 18.6 Å². The van der Waals surface area contributed by atoms with Crippen molar-refractivity contribution < 1.29 is 9.90 Å². The Kier molecular flexibility index (Phi) is 4.97. The average molecular weight is 236 g/mol. The van der Waals surface area contributed by atoms with Crippen molar-refractivity contribution in [3.8, 4) is 0 Å². The first-order valence-electron chi connectivity index (χ1n) is 5.78. The molecule has 0 radical (unpaired) electrons. The number of aliphatic hydroxyl groups is 1. The summed E-state index contributed by atoms with van der Waals surface area (Å²) < 4.78 is 0. The van der Waals surface area contributed by atoms with E-state index < -0.39 is 6.10 Å². The number of benzene rings is 1. The van der Waals surface area contributed by atoms with Crippen LogP contribution in [0.2, 0.25) is 0 Å². The Hall–Kier alpha value is -1.55. The Morgan fingerprint density at radius 3 is 2.59 bits per heavy atom. The maximum Gasteiger partial charge on any atom is 0.315 e. The highest BCUT2D eigenvalue weighted by atomic mass is 16.3. The molecule has 4 nitrogen and oxygen atoms in total. The number of hydrogen-bond acceptors (Lipinski definition) is 2. The summed E-state index contributed by atoms with van der Waals surface area (Å²) in [5.41, 5.74) is 1.86. The molecule has 4 heteroatoms. The standard InChI is InChI=1S/C13H20N2O2/c1-9(2)15-13(17)14-8-12(16)11-7-5-4-6-10(11)3/h4-7,9,12,16H,8H2,1-3H3,(H2,14,15,17). The Bertz CT molecular complexity index is 377. The van der Waals surface area contributed by atoms with Crippen LogP contribution in [0.5, 0.6) is 0 Å². The number of nitrogens with one attached hydrogen (secondary N) is 2. The Balaban J connectivity index is 2.48. The molecule has 0 bridgehead atoms. The maximum atomic E-state index is 11.3. The SMILES string of the molecule is Cc1ccccc1C(O)CNC(=O)NC(C)C. The van der Waals surface area contributed by atoms with Gasteiger partial charge >= 0.3 is 6.03 Å². The highest BCUT2D eigenvalue weighted by Crippen LogP contribution is 2.15. The molecule has 2 amide bonds. The number of aliphatic hydroxyl groups excluding tert-OH is 1. The molecule has 0 aliphatic carbocycles. The lowest BCUT2D eigenvalue weighted by Crippen LogP contribution is -2.41. The lowest BCUT2D eigenvalue weighted by molar-refractivity contribution is 0.172. The van der Waals surface area contributed by atoms with Gasteiger partial charge in [0.05, 0.1) is 6.10 Å². The van der Waals surface area contributed by atoms with Crippen LogP contribution in [0.3, 0.4) is 0 Å². The first-order chi connectivity index (χ1) is 8.00. The van der Waals surface area contributed by atoms with Crippen molar-refractivity contribution in [3.05, 3.63) is 35.4 Å². The van der Waals surface area contributed by atoms with Gasteiger partial charge in [-0.15, -0.1) is 0 Å². The predicted molar refractivity (Wildman–Crippen MR) is 67.8 cm³/mol. The van der Waals surface area contributed by atoms with Crippen molar-refractivity contribution in [1.82, 2.24) is 10.6 Å². The average Bonchev–Trinajstić information content (AvgIpc) is 2.25. The van der Waals surface area contributed by atoms with E-state index in [9.17, 15) is 9.90 Å². The molecule has 94 valence electrons. The number of amides is 2. The van der Waals surface area contributed by atoms with Gasteiger partial charge in [-0.25, -0.2) is 4.79 Å². The summed E-state index contributed by atoms with van der Waals surface area (Å²) in [6.45, 7) is 5.92. The van der Waals surface area contributed by atoms with Crippen LogP contribution in [0.15, 0.2) is 24.3 Å². The second-order valence-electron chi connectivity index (χ2n) is 4.38. The summed E-state index contributed by atoms with van der Waals surface area (Å²) in [5, 5.41) is 15.3. The van der Waals surface area contributed by atoms with Crippen molar-refractivity contribution in [1.29, 1.82) is 0 Å². The molecule has 1 atom stereocenters. The van der Waals surface area contributed by atoms with Crippen LogP contribution in [0.4, 0.5) is 4.79 Å². The molecular weight excluding hydrogens is 216 g/mol. The van der Waals surface area contributed by atoms with Gasteiger partial charge in [-0.3, -0.25) is 0 Å². The largest absolute Gasteiger partial charge is 0.387 e. The third-order valence-electron chi connectivity index (χ3n) is 2.42. The lowest BCUT2D eigenvalue weighted by atomic mass is 10.0. The minimum absolute atomic E-state index is 0.0885. The second kappa shape index (κ2) is 6.25. The summed E-state index contributed by atoms with van der Waals surface area (Å²) in [6, 6.07) is 7.43. The van der Waals surface area contributed by atoms with Crippen molar-refractivity contribution in [3.63, 3.8) is 0 Å². The minimum atomic E-state index is -0.672. The maximum absolute atomic E-state index is 11.3. The monoisotopic (exact) mass is 236 g/mol. The molecule has 0 saturated heterocycles. The molecule has 0 aliphatic rings. The molecule has 1 rings (SSSR count). The van der Waals surface area contributed by atoms with E-state index in [0.29, 0.717) is 0 Å². The Labute approximate surface area is 102 Å². The van der Waals surface area contributed by atoms with Gasteiger partial charge in [0.15, 0.2) is 0 Å². The van der Waals surface area contributed by atoms with Gasteiger partial charge in [-0.2, -0.15) is 0 Å². The van der Waals surface area contributed by atoms with E-state index in [4.69, 9.17) is 0 Å². The number of carbonyl (C=O) groups is 1. The zero-order valence-electron chi connectivity index (χ0n) is 10.5. The molecule has 3 N–H and O–H groups in total. The normalized spacial score (nSPS) is 12.3. The van der Waals surface area contributed by atoms with Crippen LogP contribution in [0.25, 0.3) is 0 Å². The van der Waals surface area contributed by atoms with Crippen LogP contribution < -0.4 is 10.6 Å². The van der Waals surface area contributed by atoms with Crippen molar-refractivity contribution in [2.45, 2.75) is 32.9 Å². The summed E-state index contributed by atoms with van der Waals surface area (Å²) in [5.74, 6) is 0. The highest BCUT2D eigenvalue weighted by Gasteiger charge is 2.11. The number of carbonyl (C=O) groups excluding carboxylic acids is 1. The molecule has 0 heterocycles. The number of urea groups is 1. The molecule has 17 heavy (non-hydrogen) atoms. The smallest absolute Gasteiger partial charge is 0.315 e. The summed E-state index contributed by atoms with van der Waals surface area (Å²) in [6.07, 6.45) is -0.672. The third kappa shape index (κ3) is 4.44. The van der Waals surface area contributed by atoms with Crippen LogP contribution >= 0.6 is 0 Å². The van der Waals surface area contributed by atoms with Gasteiger partial charge in [-0.1, -0.05) is 24.3 Å². The van der Waals surface area contributed by atoms with E-state index >= 15 is 0 Å². The lowest BCUT2D eigenvalue weighted by Gasteiger charge is -2.15. The predicted octanol–water partition coefficient (Wildman–Crippen LogP) is 1.74. The molecule has 0 aromatic heterocycles. The van der Waals surface area contributed by atoms with E-state index in [2.05, 4.69) is 10.6 Å². The van der Waals surface area contributed by atoms with E-state index in [1.54, 1.807) is 0 Å². The van der Waals surface area contributed by atoms with E-state index in [1.165, 1.54) is 0 Å². The molecule has 0 aliphatic heterocycles. The fourth-order valence-electron chi connectivity index (χ4n) is 1.57. The van der Waals surface area contributed by atoms with Gasteiger partial charge < -0.3 is 15.7 Å². The van der Waals surface area contributed by atoms with Crippen LogP contribution in [-0.4, -0.2) is 23.7 Å². The van der Waals surface area contributed by atoms with E-state index in [0.717, 1.165) is 11.1 Å². The van der Waals surface area contributed by atoms with Crippen LogP contribution in [-0.2, 0) is 0 Å². The van der Waals surface area contributed by atoms with Crippen LogP contribution in [0.1, 0.15) is 31.1 Å². The molecule has 0 saturated carbocycles. The number of aryl methyl sites for hydroxylation is 1. The van der Waals surface area contributed by atoms with Gasteiger partial charge in [-0.05, 0) is 31.9 Å². The van der Waals surface area contributed by atoms with Gasteiger partial charge in [0.25, 0.3) is 0 Å². The summed E-state index contributed by atoms with van der Waals surface area (Å²) >= 11 is 0. The zero-order valence-corrected chi connectivity index (χ0v) is 10.5. The van der Waals surface area contributed by atoms with Crippen LogP contribution in [0, 0.1) is 6.92 Å². The summed E-state index contributed by atoms with van der Waals surface area (Å²) in [7, 11) is 0. The zero-order chi connectivity index (χ0) is 12.8. The molecule has 0 fully saturated rings. The van der Waals surface area contributed by atoms with E-state index in [1.807, 2.05) is 45.0 Å². The van der Waals surface area contributed by atoms with Crippen molar-refractivity contribution in [2.75, 3.05) is 6.54 Å². The fraction of sp³-hybridized carbons (Fsp3) is 0.462. The summed E-state index contributed by atoms with van der Waals surface area (Å²) in [4.78, 5) is 11.3. The fourth-order valence-corrected chi connectivity index (χ4v) is 1.57. The molecular formula is C13H20N2O2. The topological polar surface area (TPSA) is 61.4 Å². The third-order valence-corrected chi connectivity index (χ3v) is 2.42. The van der Waals surface area contributed by atoms with Crippen molar-refractivity contribution >= 4 is 6.03 Å². The second-order valence-corrected chi connectivity index (χ2v) is 4.38. The Morgan fingerprint density at radius 2 is 2.00 bits per heavy atom. The highest BCUT2D eigenvalue weighted by molar-refractivity contribution is 5.74. The molecule has 1 aromatic rings. The first-order valence-corrected chi connectivity index (χ1v) is 5.78.